The van der Waals surface area contributed by atoms with Gasteiger partial charge in [-0.2, -0.15) is 0 Å². The molecule has 0 spiro atoms. The van der Waals surface area contributed by atoms with E-state index in [1.807, 2.05) is 0 Å². The Morgan fingerprint density at radius 2 is 0.519 bits per heavy atom. The van der Waals surface area contributed by atoms with Crippen molar-refractivity contribution in [2.45, 2.75) is 0 Å². The van der Waals surface area contributed by atoms with Crippen LogP contribution < -0.4 is 9.80 Å². The topological polar surface area (TPSA) is 6.48 Å². The Hall–Kier alpha value is -6.90. The van der Waals surface area contributed by atoms with Crippen LogP contribution >= 0.6 is 0 Å². The van der Waals surface area contributed by atoms with Crippen LogP contribution in [0.3, 0.4) is 0 Å². The second-order valence-electron chi connectivity index (χ2n) is 13.3. The van der Waals surface area contributed by atoms with E-state index < -0.39 is 0 Å². The number of anilines is 6. The molecule has 0 aliphatic rings. The van der Waals surface area contributed by atoms with Crippen LogP contribution in [-0.2, 0) is 0 Å². The molecule has 0 bridgehead atoms. The Kier molecular flexibility index (Phi) is 7.18. The number of para-hydroxylation sites is 2. The summed E-state index contributed by atoms with van der Waals surface area (Å²) in [6.07, 6.45) is 0. The maximum atomic E-state index is 2.43. The van der Waals surface area contributed by atoms with Gasteiger partial charge in [-0.3, -0.25) is 0 Å². The Morgan fingerprint density at radius 1 is 0.192 bits per heavy atom. The maximum absolute atomic E-state index is 2.43. The zero-order valence-corrected chi connectivity index (χ0v) is 28.5. The number of benzene rings is 10. The van der Waals surface area contributed by atoms with Gasteiger partial charge in [0.1, 0.15) is 0 Å². The van der Waals surface area contributed by atoms with Crippen LogP contribution in [-0.4, -0.2) is 0 Å². The number of nitrogens with zero attached hydrogens (tertiary/aromatic N) is 2. The summed E-state index contributed by atoms with van der Waals surface area (Å²) in [4.78, 5) is 4.86. The van der Waals surface area contributed by atoms with Gasteiger partial charge in [-0.15, -0.1) is 0 Å². The van der Waals surface area contributed by atoms with Gasteiger partial charge in [0.2, 0.25) is 0 Å². The highest BCUT2D eigenvalue weighted by Gasteiger charge is 2.23. The molecule has 0 heterocycles. The summed E-state index contributed by atoms with van der Waals surface area (Å²) in [5, 5.41) is 12.3. The molecule has 0 aromatic heterocycles. The second-order valence-corrected chi connectivity index (χ2v) is 13.3. The summed E-state index contributed by atoms with van der Waals surface area (Å²) in [5.41, 5.74) is 6.77. The second kappa shape index (κ2) is 12.5. The molecule has 0 radical (unpaired) electrons. The first kappa shape index (κ1) is 30.0. The van der Waals surface area contributed by atoms with E-state index in [0.29, 0.717) is 0 Å². The summed E-state index contributed by atoms with van der Waals surface area (Å²) in [7, 11) is 0. The molecule has 2 nitrogen and oxygen atoms in total. The van der Waals surface area contributed by atoms with Crippen molar-refractivity contribution in [3.63, 3.8) is 0 Å². The average Bonchev–Trinajstić information content (AvgIpc) is 3.22. The van der Waals surface area contributed by atoms with E-state index in [2.05, 4.69) is 216 Å². The maximum Gasteiger partial charge on any atom is 0.0541 e. The van der Waals surface area contributed by atoms with Crippen LogP contribution in [0.25, 0.3) is 53.9 Å². The molecule has 0 aliphatic carbocycles. The lowest BCUT2D eigenvalue weighted by Crippen LogP contribution is -2.14. The predicted molar refractivity (Wildman–Crippen MR) is 223 cm³/mol. The van der Waals surface area contributed by atoms with Crippen molar-refractivity contribution >= 4 is 88.0 Å². The van der Waals surface area contributed by atoms with E-state index in [9.17, 15) is 0 Å². The molecular formula is C50H34N2. The average molecular weight is 663 g/mol. The van der Waals surface area contributed by atoms with Gasteiger partial charge in [-0.1, -0.05) is 158 Å². The number of fused-ring (bicyclic) bond motifs is 7. The van der Waals surface area contributed by atoms with Crippen molar-refractivity contribution < 1.29 is 0 Å². The predicted octanol–water partition coefficient (Wildman–Crippen LogP) is 14.4. The zero-order chi connectivity index (χ0) is 34.4. The van der Waals surface area contributed by atoms with E-state index in [1.165, 1.54) is 53.9 Å². The van der Waals surface area contributed by atoms with Gasteiger partial charge in [0, 0.05) is 32.9 Å². The van der Waals surface area contributed by atoms with E-state index in [1.54, 1.807) is 0 Å². The van der Waals surface area contributed by atoms with Crippen molar-refractivity contribution in [3.8, 4) is 0 Å². The molecule has 0 N–H and O–H groups in total. The molecule has 10 rings (SSSR count). The van der Waals surface area contributed by atoms with Gasteiger partial charge in [0.15, 0.2) is 0 Å². The third-order valence-electron chi connectivity index (χ3n) is 10.4. The van der Waals surface area contributed by atoms with Crippen molar-refractivity contribution in [1.29, 1.82) is 0 Å². The molecule has 0 fully saturated rings. The van der Waals surface area contributed by atoms with E-state index in [4.69, 9.17) is 0 Å². The lowest BCUT2D eigenvalue weighted by molar-refractivity contribution is 1.29. The first-order valence-corrected chi connectivity index (χ1v) is 17.9. The molecule has 2 heteroatoms. The fourth-order valence-electron chi connectivity index (χ4n) is 8.06. The van der Waals surface area contributed by atoms with Gasteiger partial charge < -0.3 is 9.80 Å². The quantitative estimate of drug-likeness (QED) is 0.164. The summed E-state index contributed by atoms with van der Waals surface area (Å²) < 4.78 is 0. The monoisotopic (exact) mass is 662 g/mol. The molecule has 10 aromatic rings. The van der Waals surface area contributed by atoms with Crippen molar-refractivity contribution in [2.75, 3.05) is 9.80 Å². The molecular weight excluding hydrogens is 629 g/mol. The summed E-state index contributed by atoms with van der Waals surface area (Å²) in [5.74, 6) is 0. The normalized spacial score (nSPS) is 11.5. The molecule has 244 valence electrons. The van der Waals surface area contributed by atoms with Crippen molar-refractivity contribution in [1.82, 2.24) is 0 Å². The Balaban J connectivity index is 1.24. The molecule has 10 aromatic carbocycles. The minimum atomic E-state index is 1.11. The van der Waals surface area contributed by atoms with Gasteiger partial charge in [0.05, 0.1) is 22.7 Å². The zero-order valence-electron chi connectivity index (χ0n) is 28.5. The highest BCUT2D eigenvalue weighted by atomic mass is 15.2. The van der Waals surface area contributed by atoms with Crippen LogP contribution in [0.15, 0.2) is 206 Å². The smallest absolute Gasteiger partial charge is 0.0541 e. The van der Waals surface area contributed by atoms with Gasteiger partial charge in [-0.05, 0) is 80.8 Å². The molecule has 52 heavy (non-hydrogen) atoms. The minimum Gasteiger partial charge on any atom is -0.309 e. The van der Waals surface area contributed by atoms with Crippen molar-refractivity contribution in [2.24, 2.45) is 0 Å². The number of rotatable bonds is 6. The van der Waals surface area contributed by atoms with Gasteiger partial charge >= 0.3 is 0 Å². The number of hydrogen-bond donors (Lipinski definition) is 0. The van der Waals surface area contributed by atoms with Crippen LogP contribution in [0.4, 0.5) is 34.1 Å². The summed E-state index contributed by atoms with van der Waals surface area (Å²) in [6.45, 7) is 0. The number of hydrogen-bond acceptors (Lipinski definition) is 2. The fourth-order valence-corrected chi connectivity index (χ4v) is 8.06. The summed E-state index contributed by atoms with van der Waals surface area (Å²) >= 11 is 0. The van der Waals surface area contributed by atoms with E-state index in [-0.39, 0.29) is 0 Å². The third-order valence-corrected chi connectivity index (χ3v) is 10.4. The highest BCUT2D eigenvalue weighted by molar-refractivity contribution is 6.16. The molecule has 0 unspecified atom stereocenters. The van der Waals surface area contributed by atoms with Crippen LogP contribution in [0.5, 0.6) is 0 Å². The van der Waals surface area contributed by atoms with E-state index in [0.717, 1.165) is 34.1 Å². The largest absolute Gasteiger partial charge is 0.309 e. The lowest BCUT2D eigenvalue weighted by Gasteiger charge is -2.31. The van der Waals surface area contributed by atoms with Crippen molar-refractivity contribution in [3.05, 3.63) is 206 Å². The fraction of sp³-hybridized carbons (Fsp3) is 0. The Bertz CT molecular complexity index is 2710. The Labute approximate surface area is 303 Å². The first-order chi connectivity index (χ1) is 25.8. The van der Waals surface area contributed by atoms with E-state index >= 15 is 0 Å². The molecule has 0 amide bonds. The SMILES string of the molecule is c1ccc(N(c2ccc(N(c3ccccc3)c3cccc4c3ccc3ccccc34)c3ccccc23)c2cccc3c2ccc2ccccc23)cc1. The summed E-state index contributed by atoms with van der Waals surface area (Å²) in [6, 6.07) is 74.7. The Morgan fingerprint density at radius 3 is 0.962 bits per heavy atom. The highest BCUT2D eigenvalue weighted by Crippen LogP contribution is 2.48. The minimum absolute atomic E-state index is 1.11. The third kappa shape index (κ3) is 4.88. The first-order valence-electron chi connectivity index (χ1n) is 17.9. The van der Waals surface area contributed by atoms with Gasteiger partial charge in [-0.25, -0.2) is 0 Å². The van der Waals surface area contributed by atoms with Crippen LogP contribution in [0.1, 0.15) is 0 Å². The standard InChI is InChI=1S/C50H34N2/c1-3-17-37(18-4-1)51(47-27-13-25-41-39-21-9-7-15-35(39)29-31-45(41)47)49-33-34-50(44-24-12-11-23-43(44)49)52(38-19-5-2-6-20-38)48-28-14-26-42-40-22-10-8-16-36(40)30-32-46(42)48/h1-34H. The molecule has 0 saturated carbocycles. The van der Waals surface area contributed by atoms with Crippen LogP contribution in [0, 0.1) is 0 Å². The van der Waals surface area contributed by atoms with Crippen LogP contribution in [0.2, 0.25) is 0 Å². The van der Waals surface area contributed by atoms with Gasteiger partial charge in [0.25, 0.3) is 0 Å². The lowest BCUT2D eigenvalue weighted by atomic mass is 9.98. The molecule has 0 atom stereocenters. The molecule has 0 saturated heterocycles. The molecule has 0 aliphatic heterocycles.